The Balaban J connectivity index is 0.733. The van der Waals surface area contributed by atoms with Crippen LogP contribution < -0.4 is 26.0 Å². The number of aryl methyl sites for hydroxylation is 1. The summed E-state index contributed by atoms with van der Waals surface area (Å²) in [5.41, 5.74) is 6.11. The topological polar surface area (TPSA) is 181 Å². The molecule has 4 aromatic rings. The van der Waals surface area contributed by atoms with Gasteiger partial charge in [0, 0.05) is 81.1 Å². The predicted molar refractivity (Wildman–Crippen MR) is 202 cm³/mol. The Labute approximate surface area is 316 Å². The number of aromatic amines is 1. The molecule has 1 aliphatic carbocycles. The summed E-state index contributed by atoms with van der Waals surface area (Å²) in [4.78, 5) is 95.5. The van der Waals surface area contributed by atoms with Gasteiger partial charge in [0.1, 0.15) is 11.7 Å². The molecule has 3 N–H and O–H groups in total. The fourth-order valence-electron chi connectivity index (χ4n) is 8.85. The highest BCUT2D eigenvalue weighted by Gasteiger charge is 2.53. The number of hydrogen-bond acceptors (Lipinski definition) is 11. The molecule has 5 amide bonds. The van der Waals surface area contributed by atoms with Crippen molar-refractivity contribution in [3.05, 3.63) is 93.2 Å². The van der Waals surface area contributed by atoms with Crippen LogP contribution in [0.5, 0.6) is 0 Å². The highest BCUT2D eigenvalue weighted by atomic mass is 16.2. The van der Waals surface area contributed by atoms with Crippen LogP contribution in [0, 0.1) is 5.41 Å². The number of hydrogen-bond donors (Lipinski definition) is 3. The summed E-state index contributed by atoms with van der Waals surface area (Å²) in [6.07, 6.45) is 6.21. The minimum Gasteiger partial charge on any atom is -0.370 e. The number of carbonyl (C=O) groups excluding carboxylic acids is 5. The lowest BCUT2D eigenvalue weighted by molar-refractivity contribution is -0.136. The number of anilines is 2. The van der Waals surface area contributed by atoms with Crippen LogP contribution in [0.2, 0.25) is 0 Å². The molecule has 15 nitrogen and oxygen atoms in total. The number of amides is 5. The fraction of sp³-hybridized carbons (Fsp3) is 0.400. The lowest BCUT2D eigenvalue weighted by atomic mass is 9.60. The molecular formula is C40H41N9O6. The third-order valence-corrected chi connectivity index (χ3v) is 11.9. The van der Waals surface area contributed by atoms with Gasteiger partial charge >= 0.3 is 0 Å². The van der Waals surface area contributed by atoms with E-state index in [2.05, 4.69) is 40.3 Å². The van der Waals surface area contributed by atoms with Crippen molar-refractivity contribution in [3.63, 3.8) is 0 Å². The SMILES string of the molecule is CCc1cc2ncc(CN3CCN(c4ccc(C(=O)NC5CC6(C5)CN(c5ccc7c(c5)C(=O)N(C5CCC(=O)NC5=O)C7=O)C6)nc4)CC3)cc2[nH]c1=O. The summed E-state index contributed by atoms with van der Waals surface area (Å²) >= 11 is 0. The van der Waals surface area contributed by atoms with E-state index in [0.717, 1.165) is 97.1 Å². The van der Waals surface area contributed by atoms with Crippen LogP contribution in [-0.4, -0.2) is 106 Å². The van der Waals surface area contributed by atoms with E-state index in [4.69, 9.17) is 0 Å². The van der Waals surface area contributed by atoms with Gasteiger partial charge in [0.05, 0.1) is 34.0 Å². The Hall–Kier alpha value is -5.96. The molecule has 5 aliphatic rings. The number of H-pyrrole nitrogens is 1. The molecule has 9 rings (SSSR count). The van der Waals surface area contributed by atoms with Crippen molar-refractivity contribution in [2.75, 3.05) is 49.1 Å². The molecule has 1 unspecified atom stereocenters. The van der Waals surface area contributed by atoms with Crippen molar-refractivity contribution in [1.29, 1.82) is 0 Å². The summed E-state index contributed by atoms with van der Waals surface area (Å²) < 4.78 is 0. The summed E-state index contributed by atoms with van der Waals surface area (Å²) in [5.74, 6) is -2.25. The number of aromatic nitrogens is 3. The predicted octanol–water partition coefficient (Wildman–Crippen LogP) is 2.00. The number of benzene rings is 1. The van der Waals surface area contributed by atoms with Gasteiger partial charge in [-0.05, 0) is 73.7 Å². The Morgan fingerprint density at radius 1 is 0.873 bits per heavy atom. The van der Waals surface area contributed by atoms with E-state index in [0.29, 0.717) is 12.1 Å². The van der Waals surface area contributed by atoms with E-state index in [1.54, 1.807) is 24.4 Å². The van der Waals surface area contributed by atoms with Gasteiger partial charge in [-0.3, -0.25) is 48.9 Å². The number of piperidine rings is 1. The standard InChI is InChI=1S/C40H41N9O6/c1-2-24-14-31-32(44-35(24)51)13-23(18-41-31)20-46-9-11-47(12-10-46)27-4-6-30(42-19-27)36(52)43-25-16-40(17-25)21-48(22-40)26-3-5-28-29(15-26)39(55)49(38(28)54)33-7-8-34(50)45-37(33)53/h3-6,13-15,18-19,25,33H,2,7-12,16-17,20-22H2,1H3,(H,43,52)(H,44,51)(H,45,50,53). The van der Waals surface area contributed by atoms with Gasteiger partial charge < -0.3 is 20.1 Å². The molecule has 1 atom stereocenters. The minimum atomic E-state index is -0.991. The number of piperazine rings is 1. The molecule has 1 saturated carbocycles. The van der Waals surface area contributed by atoms with Crippen molar-refractivity contribution in [3.8, 4) is 0 Å². The number of pyridine rings is 3. The van der Waals surface area contributed by atoms with E-state index in [1.165, 1.54) is 0 Å². The van der Waals surface area contributed by atoms with Crippen LogP contribution in [0.3, 0.4) is 0 Å². The maximum atomic E-state index is 13.3. The number of nitrogens with zero attached hydrogens (tertiary/aromatic N) is 6. The van der Waals surface area contributed by atoms with Crippen molar-refractivity contribution >= 4 is 51.9 Å². The van der Waals surface area contributed by atoms with Crippen LogP contribution in [0.25, 0.3) is 11.0 Å². The van der Waals surface area contributed by atoms with Crippen molar-refractivity contribution in [1.82, 2.24) is 35.4 Å². The Morgan fingerprint density at radius 2 is 1.64 bits per heavy atom. The van der Waals surface area contributed by atoms with Crippen LogP contribution in [0.15, 0.2) is 59.7 Å². The molecule has 3 saturated heterocycles. The molecule has 3 aromatic heterocycles. The van der Waals surface area contributed by atoms with Crippen LogP contribution in [0.1, 0.15) is 74.9 Å². The van der Waals surface area contributed by atoms with Gasteiger partial charge in [-0.1, -0.05) is 6.92 Å². The first-order chi connectivity index (χ1) is 26.6. The van der Waals surface area contributed by atoms with E-state index in [9.17, 15) is 28.8 Å². The van der Waals surface area contributed by atoms with Gasteiger partial charge in [-0.15, -0.1) is 0 Å². The molecule has 7 heterocycles. The first kappa shape index (κ1) is 34.8. The molecule has 282 valence electrons. The second-order valence-electron chi connectivity index (χ2n) is 15.5. The zero-order valence-electron chi connectivity index (χ0n) is 30.5. The Bertz CT molecular complexity index is 2320. The largest absolute Gasteiger partial charge is 0.370 e. The molecule has 4 aliphatic heterocycles. The van der Waals surface area contributed by atoms with Gasteiger partial charge in [-0.25, -0.2) is 4.98 Å². The van der Waals surface area contributed by atoms with Gasteiger partial charge in [-0.2, -0.15) is 0 Å². The number of imide groups is 2. The number of fused-ring (bicyclic) bond motifs is 2. The first-order valence-corrected chi connectivity index (χ1v) is 18.9. The van der Waals surface area contributed by atoms with Gasteiger partial charge in [0.15, 0.2) is 0 Å². The van der Waals surface area contributed by atoms with Crippen molar-refractivity contribution in [2.24, 2.45) is 5.41 Å². The second kappa shape index (κ2) is 13.4. The monoisotopic (exact) mass is 743 g/mol. The highest BCUT2D eigenvalue weighted by Crippen LogP contribution is 2.50. The van der Waals surface area contributed by atoms with E-state index in [1.807, 2.05) is 37.4 Å². The van der Waals surface area contributed by atoms with E-state index >= 15 is 0 Å². The van der Waals surface area contributed by atoms with E-state index in [-0.39, 0.29) is 46.9 Å². The van der Waals surface area contributed by atoms with Crippen LogP contribution >= 0.6 is 0 Å². The summed E-state index contributed by atoms with van der Waals surface area (Å²) in [7, 11) is 0. The second-order valence-corrected chi connectivity index (χ2v) is 15.5. The Kier molecular flexibility index (Phi) is 8.48. The zero-order chi connectivity index (χ0) is 38.0. The number of nitrogens with one attached hydrogen (secondary N) is 3. The average molecular weight is 744 g/mol. The maximum Gasteiger partial charge on any atom is 0.270 e. The lowest BCUT2D eigenvalue weighted by Gasteiger charge is -2.60. The molecule has 0 radical (unpaired) electrons. The van der Waals surface area contributed by atoms with Gasteiger partial charge in [0.2, 0.25) is 11.8 Å². The molecule has 15 heteroatoms. The molecule has 0 bridgehead atoms. The fourth-order valence-corrected chi connectivity index (χ4v) is 8.85. The van der Waals surface area contributed by atoms with Gasteiger partial charge in [0.25, 0.3) is 23.3 Å². The van der Waals surface area contributed by atoms with Crippen molar-refractivity contribution in [2.45, 2.75) is 57.7 Å². The number of carbonyl (C=O) groups is 5. The van der Waals surface area contributed by atoms with Crippen LogP contribution in [-0.2, 0) is 22.6 Å². The molecule has 1 aromatic carbocycles. The molecular weight excluding hydrogens is 702 g/mol. The summed E-state index contributed by atoms with van der Waals surface area (Å²) in [5, 5.41) is 5.36. The van der Waals surface area contributed by atoms with Crippen LogP contribution in [0.4, 0.5) is 11.4 Å². The summed E-state index contributed by atoms with van der Waals surface area (Å²) in [6, 6.07) is 11.9. The third-order valence-electron chi connectivity index (χ3n) is 11.9. The smallest absolute Gasteiger partial charge is 0.270 e. The number of rotatable bonds is 8. The quantitative estimate of drug-likeness (QED) is 0.225. The highest BCUT2D eigenvalue weighted by molar-refractivity contribution is 6.23. The normalized spacial score (nSPS) is 21.1. The molecule has 4 fully saturated rings. The maximum absolute atomic E-state index is 13.3. The van der Waals surface area contributed by atoms with Crippen molar-refractivity contribution < 1.29 is 24.0 Å². The molecule has 1 spiro atoms. The van der Waals surface area contributed by atoms with E-state index < -0.39 is 29.7 Å². The Morgan fingerprint density at radius 3 is 2.36 bits per heavy atom. The molecule has 55 heavy (non-hydrogen) atoms. The minimum absolute atomic E-state index is 0.0531. The lowest BCUT2D eigenvalue weighted by Crippen LogP contribution is -2.66. The zero-order valence-corrected chi connectivity index (χ0v) is 30.5. The average Bonchev–Trinajstić information content (AvgIpc) is 3.40. The summed E-state index contributed by atoms with van der Waals surface area (Å²) in [6.45, 7) is 7.63. The third kappa shape index (κ3) is 6.31. The first-order valence-electron chi connectivity index (χ1n) is 18.9.